The van der Waals surface area contributed by atoms with E-state index in [-0.39, 0.29) is 7.25 Å². The molecule has 0 amide bonds. The Morgan fingerprint density at radius 2 is 1.17 bits per heavy atom. The fourth-order valence-electron chi connectivity index (χ4n) is 6.21. The first-order valence-electron chi connectivity index (χ1n) is 11.1. The summed E-state index contributed by atoms with van der Waals surface area (Å²) in [4.78, 5) is 0. The maximum absolute atomic E-state index is 8.26. The van der Waals surface area contributed by atoms with Crippen LogP contribution in [0.3, 0.4) is 0 Å². The molecule has 3 unspecified atom stereocenters. The first-order valence-corrected chi connectivity index (χ1v) is 26.9. The average molecular weight is 536 g/mol. The molecule has 0 aliphatic heterocycles. The van der Waals surface area contributed by atoms with Gasteiger partial charge in [-0.3, -0.25) is 0 Å². The van der Waals surface area contributed by atoms with Crippen LogP contribution in [0, 0.1) is 13.8 Å². The van der Waals surface area contributed by atoms with Gasteiger partial charge in [-0.2, -0.15) is 0 Å². The third-order valence-corrected chi connectivity index (χ3v) is 60.0. The van der Waals surface area contributed by atoms with E-state index in [1.807, 2.05) is 0 Å². The summed E-state index contributed by atoms with van der Waals surface area (Å²) in [6.45, 7) is 16.1. The molecule has 0 aromatic heterocycles. The van der Waals surface area contributed by atoms with Crippen molar-refractivity contribution in [1.82, 2.24) is 0 Å². The van der Waals surface area contributed by atoms with Crippen LogP contribution >= 0.6 is 17.0 Å². The molecular weight excluding hydrogens is 503 g/mol. The van der Waals surface area contributed by atoms with Crippen molar-refractivity contribution >= 4 is 35.1 Å². The van der Waals surface area contributed by atoms with E-state index in [1.54, 1.807) is 0 Å². The van der Waals surface area contributed by atoms with Crippen LogP contribution in [0.1, 0.15) is 68.3 Å². The van der Waals surface area contributed by atoms with E-state index < -0.39 is 21.5 Å². The van der Waals surface area contributed by atoms with Crippen molar-refractivity contribution in [1.29, 1.82) is 0 Å². The normalized spacial score (nSPS) is 22.8. The number of aryl methyl sites for hydroxylation is 2. The van der Waals surface area contributed by atoms with E-state index in [0.29, 0.717) is 5.54 Å². The molecule has 159 valence electrons. The molecule has 2 aromatic carbocycles. The number of halogens is 2. The molecule has 0 saturated heterocycles. The standard InChI is InChI=1S/2C11H11.C4H11Si.2ClH.Zr/c2*1-8-6-10-5-3-4-9(2)11(10)7-8;1-4(2)5-3;;;/h2*3-7H,1-2H3;4-5H,1-3H3;2*1H;/q;;;;;+2/p-2. The Hall–Kier alpha value is -0.400. The van der Waals surface area contributed by atoms with Crippen molar-refractivity contribution < 1.29 is 15.6 Å². The molecule has 3 atom stereocenters. The molecule has 2 aliphatic rings. The van der Waals surface area contributed by atoms with E-state index in [9.17, 15) is 0 Å². The van der Waals surface area contributed by atoms with Crippen molar-refractivity contribution in [3.05, 3.63) is 80.9 Å². The average Bonchev–Trinajstić information content (AvgIpc) is 3.20. The van der Waals surface area contributed by atoms with Gasteiger partial charge >= 0.3 is 192 Å². The van der Waals surface area contributed by atoms with Gasteiger partial charge in [0, 0.05) is 0 Å². The summed E-state index contributed by atoms with van der Waals surface area (Å²) >= 11 is -4.50. The second-order valence-electron chi connectivity index (χ2n) is 10.1. The molecule has 0 fully saturated rings. The summed E-state index contributed by atoms with van der Waals surface area (Å²) in [7, 11) is 16.5. The Morgan fingerprint density at radius 1 is 0.767 bits per heavy atom. The Morgan fingerprint density at radius 3 is 1.53 bits per heavy atom. The van der Waals surface area contributed by atoms with Gasteiger partial charge in [-0.15, -0.1) is 0 Å². The second-order valence-corrected chi connectivity index (χ2v) is 51.4. The van der Waals surface area contributed by atoms with Crippen LogP contribution in [0.4, 0.5) is 0 Å². The molecule has 0 spiro atoms. The maximum atomic E-state index is 8.26. The molecule has 0 heterocycles. The summed E-state index contributed by atoms with van der Waals surface area (Å²) in [5.74, 6) is -1.49. The number of hydrogen-bond donors (Lipinski definition) is 0. The van der Waals surface area contributed by atoms with Gasteiger partial charge in [-0.25, -0.2) is 0 Å². The predicted octanol–water partition coefficient (Wildman–Crippen LogP) is 8.68. The number of fused-ring (bicyclic) bond motifs is 2. The Kier molecular flexibility index (Phi) is 5.76. The summed E-state index contributed by atoms with van der Waals surface area (Å²) in [5, 5.41) is 0. The second kappa shape index (κ2) is 7.58. The molecular formula is C26H33Cl2SiZr. The third-order valence-electron chi connectivity index (χ3n) is 7.97. The van der Waals surface area contributed by atoms with E-state index in [2.05, 4.69) is 96.6 Å². The van der Waals surface area contributed by atoms with Crippen LogP contribution in [0.15, 0.2) is 47.5 Å². The summed E-state index contributed by atoms with van der Waals surface area (Å²) in [5.41, 5.74) is 11.5. The Balaban J connectivity index is 2.04. The van der Waals surface area contributed by atoms with Crippen LogP contribution in [-0.4, -0.2) is 5.92 Å². The third kappa shape index (κ3) is 3.08. The molecule has 4 heteroatoms. The van der Waals surface area contributed by atoms with Gasteiger partial charge in [0.15, 0.2) is 0 Å². The van der Waals surface area contributed by atoms with Crippen LogP contribution < -0.4 is 0 Å². The van der Waals surface area contributed by atoms with Crippen molar-refractivity contribution in [2.45, 2.75) is 60.9 Å². The molecule has 0 N–H and O–H groups in total. The molecule has 0 bridgehead atoms. The predicted molar refractivity (Wildman–Crippen MR) is 135 cm³/mol. The van der Waals surface area contributed by atoms with Crippen LogP contribution in [0.2, 0.25) is 12.1 Å². The van der Waals surface area contributed by atoms with Gasteiger partial charge in [-0.1, -0.05) is 0 Å². The molecule has 2 aliphatic carbocycles. The minimum atomic E-state index is -4.50. The van der Waals surface area contributed by atoms with Gasteiger partial charge in [-0.05, 0) is 0 Å². The fourth-order valence-corrected chi connectivity index (χ4v) is 56.4. The number of allylic oxidation sites excluding steroid dienone is 2. The first-order chi connectivity index (χ1) is 14.0. The zero-order chi connectivity index (χ0) is 22.0. The van der Waals surface area contributed by atoms with E-state index in [1.165, 1.54) is 44.5 Å². The topological polar surface area (TPSA) is 0 Å². The Bertz CT molecular complexity index is 1020. The molecule has 0 radical (unpaired) electrons. The monoisotopic (exact) mass is 533 g/mol. The van der Waals surface area contributed by atoms with Crippen molar-refractivity contribution in [2.75, 3.05) is 0 Å². The van der Waals surface area contributed by atoms with Gasteiger partial charge in [0.05, 0.1) is 0 Å². The number of benzene rings is 2. The van der Waals surface area contributed by atoms with Crippen LogP contribution in [0.5, 0.6) is 0 Å². The van der Waals surface area contributed by atoms with Gasteiger partial charge in [0.1, 0.15) is 0 Å². The molecule has 0 nitrogen and oxygen atoms in total. The van der Waals surface area contributed by atoms with Gasteiger partial charge in [0.2, 0.25) is 0 Å². The Labute approximate surface area is 191 Å². The fraction of sp³-hybridized carbons (Fsp3) is 0.385. The van der Waals surface area contributed by atoms with Crippen LogP contribution in [0.25, 0.3) is 12.2 Å². The minimum absolute atomic E-state index is 0.202. The summed E-state index contributed by atoms with van der Waals surface area (Å²) in [6, 6.07) is 13.4. The SMILES string of the molecule is CC1=Cc2c(C)cccc2[CH]1[Zr]([Cl])([Cl])([CH]1C(C)=Cc2c(C)cccc21)[SiH](C)C(C)C. The zero-order valence-electron chi connectivity index (χ0n) is 19.2. The molecule has 4 rings (SSSR count). The quantitative estimate of drug-likeness (QED) is 0.344. The zero-order valence-corrected chi connectivity index (χ0v) is 24.3. The van der Waals surface area contributed by atoms with Gasteiger partial charge in [0.25, 0.3) is 0 Å². The van der Waals surface area contributed by atoms with E-state index in [4.69, 9.17) is 17.0 Å². The van der Waals surface area contributed by atoms with Crippen molar-refractivity contribution in [3.63, 3.8) is 0 Å². The summed E-state index contributed by atoms with van der Waals surface area (Å²) in [6.07, 6.45) is 4.75. The van der Waals surface area contributed by atoms with Crippen molar-refractivity contribution in [3.8, 4) is 0 Å². The summed E-state index contributed by atoms with van der Waals surface area (Å²) < 4.78 is 0.405. The van der Waals surface area contributed by atoms with E-state index >= 15 is 0 Å². The molecule has 30 heavy (non-hydrogen) atoms. The molecule has 2 aromatic rings. The first kappa shape index (κ1) is 22.8. The van der Waals surface area contributed by atoms with E-state index in [0.717, 1.165) is 0 Å². The van der Waals surface area contributed by atoms with Crippen molar-refractivity contribution in [2.24, 2.45) is 0 Å². The molecule has 0 saturated carbocycles. The van der Waals surface area contributed by atoms with Gasteiger partial charge < -0.3 is 0 Å². The van der Waals surface area contributed by atoms with Crippen LogP contribution in [-0.2, 0) is 15.6 Å². The number of rotatable bonds is 4. The number of hydrogen-bond acceptors (Lipinski definition) is 0.